The van der Waals surface area contributed by atoms with E-state index in [1.165, 1.54) is 23.1 Å². The second-order valence-electron chi connectivity index (χ2n) is 5.66. The van der Waals surface area contributed by atoms with Crippen LogP contribution in [0.2, 0.25) is 0 Å². The molecule has 0 radical (unpaired) electrons. The van der Waals surface area contributed by atoms with Crippen molar-refractivity contribution in [3.63, 3.8) is 0 Å². The minimum absolute atomic E-state index is 0.567. The molecule has 0 spiro atoms. The molecule has 0 unspecified atom stereocenters. The van der Waals surface area contributed by atoms with Crippen LogP contribution in [0, 0.1) is 0 Å². The summed E-state index contributed by atoms with van der Waals surface area (Å²) in [7, 11) is 1.88. The van der Waals surface area contributed by atoms with Crippen LogP contribution in [0.15, 0.2) is 52.8 Å². The lowest BCUT2D eigenvalue weighted by Gasteiger charge is -2.01. The molecule has 0 atom stereocenters. The van der Waals surface area contributed by atoms with E-state index in [9.17, 15) is 0 Å². The van der Waals surface area contributed by atoms with E-state index in [0.717, 1.165) is 26.4 Å². The van der Waals surface area contributed by atoms with Crippen LogP contribution < -0.4 is 5.73 Å². The molecule has 26 heavy (non-hydrogen) atoms. The second-order valence-corrected chi connectivity index (χ2v) is 7.76. The molecule has 0 saturated carbocycles. The maximum atomic E-state index is 5.78. The fourth-order valence-electron chi connectivity index (χ4n) is 2.63. The lowest BCUT2D eigenvalue weighted by molar-refractivity contribution is 0.767. The summed E-state index contributed by atoms with van der Waals surface area (Å²) >= 11 is 2.97. The number of hydrogen-bond donors (Lipinski definition) is 1. The van der Waals surface area contributed by atoms with Crippen molar-refractivity contribution in [3.05, 3.63) is 42.7 Å². The highest BCUT2D eigenvalue weighted by molar-refractivity contribution is 7.99. The van der Waals surface area contributed by atoms with Gasteiger partial charge in [0, 0.05) is 23.7 Å². The molecule has 10 heteroatoms. The molecule has 8 nitrogen and oxygen atoms in total. The summed E-state index contributed by atoms with van der Waals surface area (Å²) in [4.78, 5) is 5.31. The van der Waals surface area contributed by atoms with Gasteiger partial charge in [0.25, 0.3) is 0 Å². The third-order valence-electron chi connectivity index (χ3n) is 3.82. The molecule has 0 amide bonds. The van der Waals surface area contributed by atoms with E-state index < -0.39 is 0 Å². The van der Waals surface area contributed by atoms with Gasteiger partial charge in [0.05, 0.1) is 22.1 Å². The molecule has 2 N–H and O–H groups in total. The van der Waals surface area contributed by atoms with Gasteiger partial charge in [-0.15, -0.1) is 10.2 Å². The van der Waals surface area contributed by atoms with E-state index in [-0.39, 0.29) is 0 Å². The number of nitrogen functional groups attached to an aromatic ring is 1. The van der Waals surface area contributed by atoms with Gasteiger partial charge in [-0.2, -0.15) is 14.7 Å². The van der Waals surface area contributed by atoms with Crippen LogP contribution in [-0.4, -0.2) is 34.6 Å². The van der Waals surface area contributed by atoms with Crippen molar-refractivity contribution < 1.29 is 0 Å². The fourth-order valence-corrected chi connectivity index (χ4v) is 4.31. The number of hydrogen-bond acceptors (Lipinski definition) is 8. The Kier molecular flexibility index (Phi) is 3.40. The predicted octanol–water partition coefficient (Wildman–Crippen LogP) is 2.87. The van der Waals surface area contributed by atoms with Gasteiger partial charge in [-0.25, -0.2) is 4.98 Å². The van der Waals surface area contributed by atoms with Gasteiger partial charge in [0.1, 0.15) is 0 Å². The molecule has 4 heterocycles. The van der Waals surface area contributed by atoms with Gasteiger partial charge in [-0.1, -0.05) is 11.3 Å². The lowest BCUT2D eigenvalue weighted by atomic mass is 10.2. The zero-order chi connectivity index (χ0) is 17.7. The highest BCUT2D eigenvalue weighted by Crippen LogP contribution is 2.32. The number of nitrogens with two attached hydrogens (primary N) is 1. The Bertz CT molecular complexity index is 1250. The van der Waals surface area contributed by atoms with Crippen LogP contribution in [-0.2, 0) is 7.05 Å². The standard InChI is InChI=1S/C16H12N8S2/c1-23-8-9(7-18-23)11-4-5-14-20-21-16(24(14)22-11)25-10-2-3-12-13(6-10)26-15(17)19-12/h2-8H,1H3,(H2,17,19). The summed E-state index contributed by atoms with van der Waals surface area (Å²) in [5.41, 5.74) is 9.14. The monoisotopic (exact) mass is 380 g/mol. The van der Waals surface area contributed by atoms with Crippen molar-refractivity contribution in [1.29, 1.82) is 0 Å². The summed E-state index contributed by atoms with van der Waals surface area (Å²) in [5.74, 6) is 0. The molecule has 0 bridgehead atoms. The van der Waals surface area contributed by atoms with Crippen molar-refractivity contribution in [2.24, 2.45) is 7.05 Å². The molecule has 0 saturated heterocycles. The third-order valence-corrected chi connectivity index (χ3v) is 5.59. The van der Waals surface area contributed by atoms with Gasteiger partial charge >= 0.3 is 0 Å². The van der Waals surface area contributed by atoms with Crippen LogP contribution >= 0.6 is 23.1 Å². The molecule has 0 aliphatic rings. The van der Waals surface area contributed by atoms with Crippen molar-refractivity contribution >= 4 is 44.1 Å². The average molecular weight is 380 g/mol. The smallest absolute Gasteiger partial charge is 0.217 e. The molecule has 5 aromatic rings. The largest absolute Gasteiger partial charge is 0.375 e. The van der Waals surface area contributed by atoms with E-state index in [1.807, 2.05) is 37.5 Å². The van der Waals surface area contributed by atoms with Gasteiger partial charge < -0.3 is 5.73 Å². The van der Waals surface area contributed by atoms with Gasteiger partial charge in [-0.05, 0) is 42.1 Å². The Morgan fingerprint density at radius 2 is 2.08 bits per heavy atom. The number of benzene rings is 1. The molecule has 0 aliphatic heterocycles. The lowest BCUT2D eigenvalue weighted by Crippen LogP contribution is -1.95. The highest BCUT2D eigenvalue weighted by atomic mass is 32.2. The van der Waals surface area contributed by atoms with E-state index in [1.54, 1.807) is 15.4 Å². The summed E-state index contributed by atoms with van der Waals surface area (Å²) in [6, 6.07) is 9.83. The summed E-state index contributed by atoms with van der Waals surface area (Å²) in [5, 5.41) is 18.6. The molecule has 4 aromatic heterocycles. The molecule has 1 aromatic carbocycles. The van der Waals surface area contributed by atoms with Gasteiger partial charge in [0.15, 0.2) is 10.8 Å². The van der Waals surface area contributed by atoms with Crippen molar-refractivity contribution in [2.75, 3.05) is 5.73 Å². The minimum atomic E-state index is 0.567. The SMILES string of the molecule is Cn1cc(-c2ccc3nnc(Sc4ccc5nc(N)sc5c4)n3n2)cn1. The number of thiazole rings is 1. The first-order valence-electron chi connectivity index (χ1n) is 7.71. The molecule has 0 aliphatic carbocycles. The first kappa shape index (κ1) is 15.3. The number of fused-ring (bicyclic) bond motifs is 2. The zero-order valence-corrected chi connectivity index (χ0v) is 15.2. The molecule has 128 valence electrons. The Morgan fingerprint density at radius 3 is 2.92 bits per heavy atom. The predicted molar refractivity (Wildman–Crippen MR) is 101 cm³/mol. The van der Waals surface area contributed by atoms with Crippen molar-refractivity contribution in [1.82, 2.24) is 34.6 Å². The van der Waals surface area contributed by atoms with Crippen molar-refractivity contribution in [2.45, 2.75) is 10.1 Å². The van der Waals surface area contributed by atoms with Gasteiger partial charge in [0.2, 0.25) is 5.16 Å². The zero-order valence-electron chi connectivity index (χ0n) is 13.6. The van der Waals surface area contributed by atoms with E-state index in [2.05, 4.69) is 31.4 Å². The molecular formula is C16H12N8S2. The van der Waals surface area contributed by atoms with E-state index >= 15 is 0 Å². The van der Waals surface area contributed by atoms with E-state index in [0.29, 0.717) is 15.9 Å². The number of aromatic nitrogens is 7. The number of nitrogens with zero attached hydrogens (tertiary/aromatic N) is 7. The van der Waals surface area contributed by atoms with E-state index in [4.69, 9.17) is 5.73 Å². The first-order valence-corrected chi connectivity index (χ1v) is 9.34. The van der Waals surface area contributed by atoms with Crippen LogP contribution in [0.1, 0.15) is 0 Å². The van der Waals surface area contributed by atoms with Crippen LogP contribution in [0.25, 0.3) is 27.1 Å². The summed E-state index contributed by atoms with van der Waals surface area (Å²) in [6.45, 7) is 0. The second kappa shape index (κ2) is 5.78. The topological polar surface area (TPSA) is 99.8 Å². The molecule has 5 rings (SSSR count). The van der Waals surface area contributed by atoms with Crippen LogP contribution in [0.4, 0.5) is 5.13 Å². The number of anilines is 1. The third kappa shape index (κ3) is 2.59. The quantitative estimate of drug-likeness (QED) is 0.514. The van der Waals surface area contributed by atoms with Crippen LogP contribution in [0.5, 0.6) is 0 Å². The summed E-state index contributed by atoms with van der Waals surface area (Å²) in [6.07, 6.45) is 3.71. The summed E-state index contributed by atoms with van der Waals surface area (Å²) < 4.78 is 4.54. The Morgan fingerprint density at radius 1 is 1.15 bits per heavy atom. The Labute approximate surface area is 155 Å². The fraction of sp³-hybridized carbons (Fsp3) is 0.0625. The maximum absolute atomic E-state index is 5.78. The highest BCUT2D eigenvalue weighted by Gasteiger charge is 2.12. The average Bonchev–Trinajstić information content (AvgIpc) is 3.32. The first-order chi connectivity index (χ1) is 12.7. The number of rotatable bonds is 3. The normalized spacial score (nSPS) is 11.6. The minimum Gasteiger partial charge on any atom is -0.375 e. The van der Waals surface area contributed by atoms with Crippen molar-refractivity contribution in [3.8, 4) is 11.3 Å². The van der Waals surface area contributed by atoms with Crippen LogP contribution in [0.3, 0.4) is 0 Å². The Balaban J connectivity index is 1.55. The molecule has 0 fully saturated rings. The molecular weight excluding hydrogens is 368 g/mol. The van der Waals surface area contributed by atoms with Gasteiger partial charge in [-0.3, -0.25) is 4.68 Å². The number of aryl methyl sites for hydroxylation is 1. The Hall–Kier alpha value is -2.98. The maximum Gasteiger partial charge on any atom is 0.217 e.